The van der Waals surface area contributed by atoms with Crippen molar-refractivity contribution in [3.8, 4) is 0 Å². The van der Waals surface area contributed by atoms with Crippen LogP contribution in [0.25, 0.3) is 0 Å². The summed E-state index contributed by atoms with van der Waals surface area (Å²) in [6.07, 6.45) is 22.7. The van der Waals surface area contributed by atoms with E-state index >= 15 is 0 Å². The molecule has 0 saturated heterocycles. The minimum absolute atomic E-state index is 0.613. The molecule has 9 atom stereocenters. The van der Waals surface area contributed by atoms with Crippen LogP contribution in [0, 0.1) is 52.3 Å². The van der Waals surface area contributed by atoms with Crippen molar-refractivity contribution in [1.82, 2.24) is 0 Å². The Hall–Kier alpha value is -0.0800. The van der Waals surface area contributed by atoms with Crippen LogP contribution >= 0.6 is 0 Å². The van der Waals surface area contributed by atoms with E-state index in [4.69, 9.17) is 10.5 Å². The topological polar surface area (TPSA) is 35.2 Å². The number of fused-ring (bicyclic) bond motifs is 5. The summed E-state index contributed by atoms with van der Waals surface area (Å²) in [7, 11) is 0. The van der Waals surface area contributed by atoms with Crippen molar-refractivity contribution in [3.05, 3.63) is 0 Å². The number of nitrogens with two attached hydrogens (primary N) is 1. The fourth-order valence-electron chi connectivity index (χ4n) is 10.3. The molecule has 0 radical (unpaired) electrons. The normalized spacial score (nSPS) is 42.6. The Morgan fingerprint density at radius 3 is 2.41 bits per heavy atom. The monoisotopic (exact) mass is 473 g/mol. The first-order chi connectivity index (χ1) is 16.4. The lowest BCUT2D eigenvalue weighted by Crippen LogP contribution is -2.53. The van der Waals surface area contributed by atoms with Gasteiger partial charge in [0.1, 0.15) is 0 Å². The maximum Gasteiger partial charge on any atom is 0.0466 e. The van der Waals surface area contributed by atoms with Gasteiger partial charge in [-0.15, -0.1) is 0 Å². The Balaban J connectivity index is 1.29. The first-order valence-corrected chi connectivity index (χ1v) is 15.7. The summed E-state index contributed by atoms with van der Waals surface area (Å²) in [6.45, 7) is 13.2. The summed E-state index contributed by atoms with van der Waals surface area (Å²) < 4.78 is 5.97. The second kappa shape index (κ2) is 12.0. The van der Waals surface area contributed by atoms with Crippen LogP contribution in [-0.4, -0.2) is 19.8 Å². The molecule has 0 heterocycles. The summed E-state index contributed by atoms with van der Waals surface area (Å²) in [5.41, 5.74) is 7.18. The lowest BCUT2D eigenvalue weighted by Gasteiger charge is -2.61. The van der Waals surface area contributed by atoms with Gasteiger partial charge >= 0.3 is 0 Å². The molecule has 5 unspecified atom stereocenters. The molecule has 2 N–H and O–H groups in total. The van der Waals surface area contributed by atoms with Crippen molar-refractivity contribution < 1.29 is 4.74 Å². The van der Waals surface area contributed by atoms with Gasteiger partial charge in [0, 0.05) is 13.2 Å². The molecule has 0 aromatic heterocycles. The number of ether oxygens (including phenoxy) is 1. The van der Waals surface area contributed by atoms with Crippen LogP contribution in [0.15, 0.2) is 0 Å². The molecule has 0 bridgehead atoms. The van der Waals surface area contributed by atoms with Gasteiger partial charge in [0.2, 0.25) is 0 Å². The fraction of sp³-hybridized carbons (Fsp3) is 1.00. The molecule has 4 saturated carbocycles. The van der Waals surface area contributed by atoms with Crippen LogP contribution in [0.4, 0.5) is 0 Å². The molecule has 4 fully saturated rings. The van der Waals surface area contributed by atoms with Crippen LogP contribution in [0.3, 0.4) is 0 Å². The molecular formula is C32H59NO. The van der Waals surface area contributed by atoms with Gasteiger partial charge in [0.15, 0.2) is 0 Å². The van der Waals surface area contributed by atoms with E-state index in [1.54, 1.807) is 0 Å². The summed E-state index contributed by atoms with van der Waals surface area (Å²) >= 11 is 0. The minimum atomic E-state index is 0.613. The van der Waals surface area contributed by atoms with E-state index < -0.39 is 0 Å². The molecular weight excluding hydrogens is 414 g/mol. The summed E-state index contributed by atoms with van der Waals surface area (Å²) in [5, 5.41) is 0. The zero-order valence-corrected chi connectivity index (χ0v) is 23.5. The molecule has 0 aromatic carbocycles. The van der Waals surface area contributed by atoms with Gasteiger partial charge in [0.25, 0.3) is 0 Å². The molecule has 0 spiro atoms. The number of hydrogen-bond acceptors (Lipinski definition) is 2. The number of rotatable bonds is 12. The minimum Gasteiger partial charge on any atom is -0.381 e. The van der Waals surface area contributed by atoms with Crippen LogP contribution in [0.1, 0.15) is 130 Å². The number of unbranched alkanes of at least 4 members (excludes halogenated alkanes) is 3. The molecule has 0 aliphatic heterocycles. The van der Waals surface area contributed by atoms with Gasteiger partial charge in [-0.05, 0) is 142 Å². The van der Waals surface area contributed by atoms with Gasteiger partial charge in [-0.3, -0.25) is 0 Å². The van der Waals surface area contributed by atoms with E-state index in [1.165, 1.54) is 103 Å². The standard InChI is InChI=1S/C32H59NO/c1-5-6-7-8-21-34-22-9-10-24(2)28-13-14-29-27-12-11-26-23-25(17-20-33)15-18-31(26,3)30(27)16-19-32(28,29)4/h24-30H,5-23,33H2,1-4H3/t24-,25?,26?,27?,28-,29?,30?,31+,32-/m1/s1. The van der Waals surface area contributed by atoms with Crippen LogP contribution in [0.2, 0.25) is 0 Å². The van der Waals surface area contributed by atoms with E-state index in [-0.39, 0.29) is 0 Å². The van der Waals surface area contributed by atoms with Gasteiger partial charge in [0.05, 0.1) is 0 Å². The Bertz CT molecular complexity index is 620. The van der Waals surface area contributed by atoms with E-state index in [0.29, 0.717) is 10.8 Å². The number of hydrogen-bond donors (Lipinski definition) is 1. The second-order valence-electron chi connectivity index (χ2n) is 13.9. The third-order valence-electron chi connectivity index (χ3n) is 12.2. The van der Waals surface area contributed by atoms with Gasteiger partial charge in [-0.2, -0.15) is 0 Å². The molecule has 4 aliphatic carbocycles. The molecule has 4 aliphatic rings. The van der Waals surface area contributed by atoms with Crippen LogP contribution in [-0.2, 0) is 4.74 Å². The van der Waals surface area contributed by atoms with Crippen LogP contribution < -0.4 is 5.73 Å². The third-order valence-corrected chi connectivity index (χ3v) is 12.2. The summed E-state index contributed by atoms with van der Waals surface area (Å²) in [6, 6.07) is 0. The Morgan fingerprint density at radius 2 is 1.62 bits per heavy atom. The van der Waals surface area contributed by atoms with E-state index in [9.17, 15) is 0 Å². The third kappa shape index (κ3) is 5.44. The van der Waals surface area contributed by atoms with Crippen molar-refractivity contribution in [3.63, 3.8) is 0 Å². The SMILES string of the molecule is CCCCCCOCCC[C@@H](C)[C@H]1CCC2C3CCC4CC(CCN)CC[C@]4(C)C3CC[C@@]21C. The first-order valence-electron chi connectivity index (χ1n) is 15.7. The Labute approximate surface area is 212 Å². The quantitative estimate of drug-likeness (QED) is 0.288. The maximum atomic E-state index is 5.97. The average Bonchev–Trinajstić information content (AvgIpc) is 3.18. The molecule has 2 nitrogen and oxygen atoms in total. The average molecular weight is 474 g/mol. The first kappa shape index (κ1) is 27.0. The maximum absolute atomic E-state index is 5.97. The molecule has 4 rings (SSSR count). The molecule has 34 heavy (non-hydrogen) atoms. The zero-order valence-electron chi connectivity index (χ0n) is 23.5. The van der Waals surface area contributed by atoms with Crippen molar-refractivity contribution in [2.75, 3.05) is 19.8 Å². The molecule has 198 valence electrons. The van der Waals surface area contributed by atoms with E-state index in [2.05, 4.69) is 27.7 Å². The highest BCUT2D eigenvalue weighted by molar-refractivity contribution is 5.09. The van der Waals surface area contributed by atoms with Crippen molar-refractivity contribution in [1.29, 1.82) is 0 Å². The largest absolute Gasteiger partial charge is 0.381 e. The lowest BCUT2D eigenvalue weighted by molar-refractivity contribution is -0.121. The Morgan fingerprint density at radius 1 is 0.853 bits per heavy atom. The second-order valence-corrected chi connectivity index (χ2v) is 13.9. The van der Waals surface area contributed by atoms with Crippen LogP contribution in [0.5, 0.6) is 0 Å². The molecule has 2 heteroatoms. The molecule has 0 amide bonds. The van der Waals surface area contributed by atoms with Gasteiger partial charge in [-0.1, -0.05) is 47.0 Å². The highest BCUT2D eigenvalue weighted by atomic mass is 16.5. The van der Waals surface area contributed by atoms with E-state index in [0.717, 1.165) is 61.2 Å². The predicted octanol–water partition coefficient (Wildman–Crippen LogP) is 8.62. The van der Waals surface area contributed by atoms with E-state index in [1.807, 2.05) is 0 Å². The van der Waals surface area contributed by atoms with Gasteiger partial charge in [-0.25, -0.2) is 0 Å². The summed E-state index contributed by atoms with van der Waals surface area (Å²) in [4.78, 5) is 0. The highest BCUT2D eigenvalue weighted by Crippen LogP contribution is 2.68. The van der Waals surface area contributed by atoms with Crippen molar-refractivity contribution in [2.45, 2.75) is 130 Å². The Kier molecular flexibility index (Phi) is 9.50. The fourth-order valence-corrected chi connectivity index (χ4v) is 10.3. The molecule has 0 aromatic rings. The summed E-state index contributed by atoms with van der Waals surface area (Å²) in [5.74, 6) is 6.77. The van der Waals surface area contributed by atoms with Crippen molar-refractivity contribution in [2.24, 2.45) is 58.0 Å². The van der Waals surface area contributed by atoms with Gasteiger partial charge < -0.3 is 10.5 Å². The lowest BCUT2D eigenvalue weighted by atomic mass is 9.44. The highest BCUT2D eigenvalue weighted by Gasteiger charge is 2.60. The van der Waals surface area contributed by atoms with Crippen molar-refractivity contribution >= 4 is 0 Å². The zero-order chi connectivity index (χ0) is 24.2. The predicted molar refractivity (Wildman–Crippen MR) is 146 cm³/mol. The smallest absolute Gasteiger partial charge is 0.0466 e.